The fourth-order valence-electron chi connectivity index (χ4n) is 2.53. The van der Waals surface area contributed by atoms with Crippen LogP contribution in [-0.4, -0.2) is 15.9 Å². The van der Waals surface area contributed by atoms with Crippen molar-refractivity contribution in [2.45, 2.75) is 20.4 Å². The molecule has 1 heterocycles. The smallest absolute Gasteiger partial charge is 0.270 e. The number of hydrogen-bond acceptors (Lipinski definition) is 4. The molecule has 0 radical (unpaired) electrons. The number of aryl methyl sites for hydroxylation is 2. The Kier molecular flexibility index (Phi) is 5.49. The molecule has 0 bridgehead atoms. The molecule has 1 amide bonds. The zero-order chi connectivity index (χ0) is 18.5. The van der Waals surface area contributed by atoms with Gasteiger partial charge in [-0.25, -0.2) is 9.97 Å². The van der Waals surface area contributed by atoms with Crippen LogP contribution < -0.4 is 10.6 Å². The van der Waals surface area contributed by atoms with Gasteiger partial charge in [-0.05, 0) is 49.2 Å². The Morgan fingerprint density at radius 1 is 1.12 bits per heavy atom. The summed E-state index contributed by atoms with van der Waals surface area (Å²) in [5.74, 6) is 0.114. The molecule has 0 saturated carbocycles. The number of nitrogens with zero attached hydrogens (tertiary/aromatic N) is 2. The molecule has 2 N–H and O–H groups in total. The van der Waals surface area contributed by atoms with E-state index in [1.54, 1.807) is 18.3 Å². The van der Waals surface area contributed by atoms with Crippen molar-refractivity contribution in [3.63, 3.8) is 0 Å². The first kappa shape index (κ1) is 17.9. The minimum Gasteiger partial charge on any atom is -0.347 e. The van der Waals surface area contributed by atoms with Gasteiger partial charge in [0.15, 0.2) is 0 Å². The maximum Gasteiger partial charge on any atom is 0.270 e. The van der Waals surface area contributed by atoms with Crippen molar-refractivity contribution >= 4 is 29.1 Å². The van der Waals surface area contributed by atoms with E-state index in [0.29, 0.717) is 23.2 Å². The van der Waals surface area contributed by atoms with E-state index in [4.69, 9.17) is 11.6 Å². The van der Waals surface area contributed by atoms with Crippen LogP contribution in [-0.2, 0) is 6.54 Å². The van der Waals surface area contributed by atoms with Gasteiger partial charge in [-0.1, -0.05) is 41.4 Å². The number of rotatable bonds is 5. The molecule has 0 aliphatic carbocycles. The van der Waals surface area contributed by atoms with Crippen LogP contribution in [0.15, 0.2) is 54.7 Å². The second-order valence-electron chi connectivity index (χ2n) is 6.02. The molecule has 132 valence electrons. The van der Waals surface area contributed by atoms with E-state index in [-0.39, 0.29) is 5.91 Å². The number of amides is 1. The van der Waals surface area contributed by atoms with Crippen LogP contribution in [0.5, 0.6) is 0 Å². The normalized spacial score (nSPS) is 10.4. The Labute approximate surface area is 157 Å². The van der Waals surface area contributed by atoms with Crippen LogP contribution in [0.2, 0.25) is 5.02 Å². The largest absolute Gasteiger partial charge is 0.347 e. The minimum atomic E-state index is -0.246. The van der Waals surface area contributed by atoms with Crippen molar-refractivity contribution in [3.05, 3.63) is 82.1 Å². The lowest BCUT2D eigenvalue weighted by molar-refractivity contribution is 0.0946. The molecule has 3 rings (SSSR count). The average molecular weight is 367 g/mol. The zero-order valence-electron chi connectivity index (χ0n) is 14.6. The second-order valence-corrected chi connectivity index (χ2v) is 6.46. The van der Waals surface area contributed by atoms with Crippen molar-refractivity contribution in [1.82, 2.24) is 15.3 Å². The van der Waals surface area contributed by atoms with Crippen molar-refractivity contribution in [3.8, 4) is 0 Å². The summed E-state index contributed by atoms with van der Waals surface area (Å²) in [6.45, 7) is 4.41. The number of aromatic nitrogens is 2. The van der Waals surface area contributed by atoms with Crippen molar-refractivity contribution in [2.24, 2.45) is 0 Å². The van der Waals surface area contributed by atoms with Crippen LogP contribution in [0.25, 0.3) is 0 Å². The Balaban J connectivity index is 1.69. The predicted molar refractivity (Wildman–Crippen MR) is 104 cm³/mol. The lowest BCUT2D eigenvalue weighted by Gasteiger charge is -2.10. The summed E-state index contributed by atoms with van der Waals surface area (Å²) < 4.78 is 0. The lowest BCUT2D eigenvalue weighted by atomic mass is 10.1. The van der Waals surface area contributed by atoms with Gasteiger partial charge in [-0.2, -0.15) is 0 Å². The maximum absolute atomic E-state index is 12.4. The molecule has 0 saturated heterocycles. The van der Waals surface area contributed by atoms with Crippen molar-refractivity contribution in [2.75, 3.05) is 5.32 Å². The third-order valence-electron chi connectivity index (χ3n) is 3.86. The Morgan fingerprint density at radius 3 is 2.73 bits per heavy atom. The summed E-state index contributed by atoms with van der Waals surface area (Å²) in [5.41, 5.74) is 4.31. The van der Waals surface area contributed by atoms with Crippen LogP contribution in [0.4, 0.5) is 11.6 Å². The lowest BCUT2D eigenvalue weighted by Crippen LogP contribution is -2.24. The summed E-state index contributed by atoms with van der Waals surface area (Å²) in [4.78, 5) is 20.8. The van der Waals surface area contributed by atoms with E-state index in [1.165, 1.54) is 0 Å². The first-order valence-electron chi connectivity index (χ1n) is 8.21. The highest BCUT2D eigenvalue weighted by atomic mass is 35.5. The van der Waals surface area contributed by atoms with E-state index in [9.17, 15) is 4.79 Å². The van der Waals surface area contributed by atoms with Crippen molar-refractivity contribution < 1.29 is 4.79 Å². The molecule has 0 aliphatic heterocycles. The van der Waals surface area contributed by atoms with E-state index in [1.807, 2.05) is 50.2 Å². The minimum absolute atomic E-state index is 0.246. The van der Waals surface area contributed by atoms with Gasteiger partial charge in [0.05, 0.1) is 0 Å². The monoisotopic (exact) mass is 366 g/mol. The predicted octanol–water partition coefficient (Wildman–Crippen LogP) is 4.42. The van der Waals surface area contributed by atoms with E-state index < -0.39 is 0 Å². The summed E-state index contributed by atoms with van der Waals surface area (Å²) in [5, 5.41) is 6.66. The molecule has 5 nitrogen and oxygen atoms in total. The molecule has 2 aromatic carbocycles. The second kappa shape index (κ2) is 7.97. The molecule has 3 aromatic rings. The van der Waals surface area contributed by atoms with E-state index in [0.717, 1.165) is 22.4 Å². The molecule has 0 atom stereocenters. The van der Waals surface area contributed by atoms with Crippen LogP contribution in [0.3, 0.4) is 0 Å². The van der Waals surface area contributed by atoms with Gasteiger partial charge in [-0.15, -0.1) is 0 Å². The fourth-order valence-corrected chi connectivity index (χ4v) is 2.75. The number of anilines is 2. The number of halogens is 1. The topological polar surface area (TPSA) is 66.9 Å². The molecule has 0 spiro atoms. The third kappa shape index (κ3) is 4.58. The molecular weight excluding hydrogens is 348 g/mol. The van der Waals surface area contributed by atoms with Gasteiger partial charge in [0.1, 0.15) is 5.69 Å². The quantitative estimate of drug-likeness (QED) is 0.701. The Morgan fingerprint density at radius 2 is 1.96 bits per heavy atom. The summed E-state index contributed by atoms with van der Waals surface area (Å²) >= 11 is 5.97. The number of carbonyl (C=O) groups is 1. The summed E-state index contributed by atoms with van der Waals surface area (Å²) in [6, 6.07) is 15.1. The third-order valence-corrected chi connectivity index (χ3v) is 4.09. The number of hydrogen-bond donors (Lipinski definition) is 2. The first-order valence-corrected chi connectivity index (χ1v) is 8.59. The van der Waals surface area contributed by atoms with Crippen molar-refractivity contribution in [1.29, 1.82) is 0 Å². The standard InChI is InChI=1S/C20H19ClN4O/c1-13-4-3-5-15(10-13)12-23-19(26)18-8-9-22-20(25-18)24-17-7-6-16(21)11-14(17)2/h3-11H,12H2,1-2H3,(H,23,26)(H,22,24,25). The average Bonchev–Trinajstić information content (AvgIpc) is 2.62. The Hall–Kier alpha value is -2.92. The van der Waals surface area contributed by atoms with Crippen LogP contribution >= 0.6 is 11.6 Å². The van der Waals surface area contributed by atoms with Gasteiger partial charge in [0.2, 0.25) is 5.95 Å². The highest BCUT2D eigenvalue weighted by Gasteiger charge is 2.09. The van der Waals surface area contributed by atoms with Gasteiger partial charge >= 0.3 is 0 Å². The van der Waals surface area contributed by atoms with Gasteiger partial charge in [-0.3, -0.25) is 4.79 Å². The highest BCUT2D eigenvalue weighted by molar-refractivity contribution is 6.30. The summed E-state index contributed by atoms with van der Waals surface area (Å²) in [7, 11) is 0. The fraction of sp³-hybridized carbons (Fsp3) is 0.150. The van der Waals surface area contributed by atoms with Crippen LogP contribution in [0.1, 0.15) is 27.2 Å². The first-order chi connectivity index (χ1) is 12.5. The number of carbonyl (C=O) groups excluding carboxylic acids is 1. The molecule has 1 aromatic heterocycles. The Bertz CT molecular complexity index is 943. The van der Waals surface area contributed by atoms with E-state index >= 15 is 0 Å². The maximum atomic E-state index is 12.4. The van der Waals surface area contributed by atoms with Gasteiger partial charge in [0, 0.05) is 23.5 Å². The zero-order valence-corrected chi connectivity index (χ0v) is 15.3. The summed E-state index contributed by atoms with van der Waals surface area (Å²) in [6.07, 6.45) is 1.56. The molecular formula is C20H19ClN4O. The number of benzene rings is 2. The van der Waals surface area contributed by atoms with Crippen LogP contribution in [0, 0.1) is 13.8 Å². The molecule has 6 heteroatoms. The molecule has 0 aliphatic rings. The molecule has 0 fully saturated rings. The molecule has 26 heavy (non-hydrogen) atoms. The van der Waals surface area contributed by atoms with E-state index in [2.05, 4.69) is 20.6 Å². The SMILES string of the molecule is Cc1cccc(CNC(=O)c2ccnc(Nc3ccc(Cl)cc3C)n2)c1. The number of nitrogens with one attached hydrogen (secondary N) is 2. The molecule has 0 unspecified atom stereocenters. The van der Waals surface area contributed by atoms with Gasteiger partial charge in [0.25, 0.3) is 5.91 Å². The highest BCUT2D eigenvalue weighted by Crippen LogP contribution is 2.21. The van der Waals surface area contributed by atoms with Gasteiger partial charge < -0.3 is 10.6 Å².